The molecule has 2 aromatic carbocycles. The number of methoxy groups -OCH3 is 1. The number of pyridine rings is 1. The fourth-order valence-electron chi connectivity index (χ4n) is 3.07. The number of benzene rings is 2. The molecule has 0 fully saturated rings. The first-order chi connectivity index (χ1) is 14.6. The molecule has 0 aliphatic rings. The number of aromatic nitrogens is 1. The highest BCUT2D eigenvalue weighted by atomic mass is 35.5. The maximum Gasteiger partial charge on any atom is 0.341 e. The molecule has 0 aliphatic heterocycles. The monoisotopic (exact) mass is 470 g/mol. The molecule has 0 saturated carbocycles. The normalized spacial score (nSPS) is 12.0. The lowest BCUT2D eigenvalue weighted by molar-refractivity contribution is -0.131. The fourth-order valence-corrected chi connectivity index (χ4v) is 3.52. The number of carboxylic acid groups (broad SMARTS) is 1. The first-order valence-corrected chi connectivity index (χ1v) is 9.42. The second kappa shape index (κ2) is 9.01. The Hall–Kier alpha value is -3.01. The van der Waals surface area contributed by atoms with Gasteiger partial charge in [-0.15, -0.1) is 0 Å². The lowest BCUT2D eigenvalue weighted by atomic mass is 10.1. The van der Waals surface area contributed by atoms with Crippen molar-refractivity contribution in [3.8, 4) is 0 Å². The lowest BCUT2D eigenvalue weighted by Gasteiger charge is -2.18. The highest BCUT2D eigenvalue weighted by molar-refractivity contribution is 6.43. The van der Waals surface area contributed by atoms with Gasteiger partial charge < -0.3 is 20.1 Å². The van der Waals surface area contributed by atoms with Crippen LogP contribution in [0.2, 0.25) is 10.0 Å². The first kappa shape index (κ1) is 22.7. The summed E-state index contributed by atoms with van der Waals surface area (Å²) in [5, 5.41) is 11.9. The number of carbonyl (C=O) groups is 2. The van der Waals surface area contributed by atoms with E-state index < -0.39 is 46.3 Å². The fraction of sp³-hybridized carbons (Fsp3) is 0.150. The SMILES string of the molecule is COC(C(=O)NCc1c(Cl)c(Cl)cc2cc(C(=O)O)c(=O)[nH]c12)c1c(F)cccc1F. The Labute approximate surface area is 183 Å². The van der Waals surface area contributed by atoms with Crippen molar-refractivity contribution >= 4 is 46.0 Å². The van der Waals surface area contributed by atoms with Crippen molar-refractivity contribution in [2.75, 3.05) is 7.11 Å². The molecule has 0 spiro atoms. The zero-order valence-electron chi connectivity index (χ0n) is 15.8. The molecule has 1 unspecified atom stereocenters. The minimum absolute atomic E-state index is 0.000712. The highest BCUT2D eigenvalue weighted by Gasteiger charge is 2.27. The van der Waals surface area contributed by atoms with Gasteiger partial charge in [-0.3, -0.25) is 9.59 Å². The summed E-state index contributed by atoms with van der Waals surface area (Å²) in [4.78, 5) is 38.3. The van der Waals surface area contributed by atoms with Gasteiger partial charge in [0.05, 0.1) is 21.1 Å². The smallest absolute Gasteiger partial charge is 0.341 e. The van der Waals surface area contributed by atoms with E-state index >= 15 is 0 Å². The number of carbonyl (C=O) groups excluding carboxylic acids is 1. The van der Waals surface area contributed by atoms with Crippen LogP contribution in [-0.2, 0) is 16.1 Å². The second-order valence-corrected chi connectivity index (χ2v) is 7.19. The molecule has 11 heteroatoms. The summed E-state index contributed by atoms with van der Waals surface area (Å²) in [5.41, 5.74) is -1.63. The quantitative estimate of drug-likeness (QED) is 0.507. The van der Waals surface area contributed by atoms with Crippen molar-refractivity contribution in [3.63, 3.8) is 0 Å². The summed E-state index contributed by atoms with van der Waals surface area (Å²) in [7, 11) is 1.11. The van der Waals surface area contributed by atoms with Crippen molar-refractivity contribution in [1.29, 1.82) is 0 Å². The number of nitrogens with one attached hydrogen (secondary N) is 2. The van der Waals surface area contributed by atoms with E-state index in [1.807, 2.05) is 0 Å². The summed E-state index contributed by atoms with van der Waals surface area (Å²) >= 11 is 12.3. The summed E-state index contributed by atoms with van der Waals surface area (Å²) in [6.45, 7) is -0.299. The summed E-state index contributed by atoms with van der Waals surface area (Å²) in [6, 6.07) is 5.61. The van der Waals surface area contributed by atoms with Crippen molar-refractivity contribution in [1.82, 2.24) is 10.3 Å². The number of hydrogen-bond acceptors (Lipinski definition) is 4. The Balaban J connectivity index is 1.98. The molecule has 0 saturated heterocycles. The Morgan fingerprint density at radius 2 is 1.87 bits per heavy atom. The van der Waals surface area contributed by atoms with Crippen molar-refractivity contribution in [2.24, 2.45) is 0 Å². The van der Waals surface area contributed by atoms with E-state index in [0.717, 1.165) is 31.4 Å². The van der Waals surface area contributed by atoms with Crippen molar-refractivity contribution in [2.45, 2.75) is 12.6 Å². The molecule has 3 N–H and O–H groups in total. The van der Waals surface area contributed by atoms with E-state index in [2.05, 4.69) is 10.3 Å². The summed E-state index contributed by atoms with van der Waals surface area (Å²) < 4.78 is 33.1. The maximum atomic E-state index is 14.1. The van der Waals surface area contributed by atoms with Gasteiger partial charge in [0.25, 0.3) is 11.5 Å². The number of aromatic amines is 1. The molecule has 1 aromatic heterocycles. The molecule has 3 rings (SSSR count). The molecule has 0 bridgehead atoms. The molecule has 162 valence electrons. The Morgan fingerprint density at radius 1 is 1.23 bits per heavy atom. The molecular weight excluding hydrogens is 457 g/mol. The van der Waals surface area contributed by atoms with E-state index in [1.165, 1.54) is 6.07 Å². The zero-order valence-corrected chi connectivity index (χ0v) is 17.3. The van der Waals surface area contributed by atoms with E-state index in [9.17, 15) is 23.2 Å². The van der Waals surface area contributed by atoms with Crippen LogP contribution in [0.25, 0.3) is 10.9 Å². The predicted octanol–water partition coefficient (Wildman–Crippen LogP) is 3.82. The molecule has 1 atom stereocenters. The molecule has 3 aromatic rings. The number of hydrogen-bond donors (Lipinski definition) is 3. The number of amides is 1. The summed E-state index contributed by atoms with van der Waals surface area (Å²) in [5.74, 6) is -4.23. The number of rotatable bonds is 6. The van der Waals surface area contributed by atoms with Crippen molar-refractivity contribution < 1.29 is 28.2 Å². The number of carboxylic acids is 1. The molecule has 31 heavy (non-hydrogen) atoms. The molecule has 0 aliphatic carbocycles. The third kappa shape index (κ3) is 4.39. The van der Waals surface area contributed by atoms with Crippen LogP contribution in [0.4, 0.5) is 8.78 Å². The van der Waals surface area contributed by atoms with Crippen LogP contribution in [0.1, 0.15) is 27.6 Å². The van der Waals surface area contributed by atoms with Crippen LogP contribution in [-0.4, -0.2) is 29.1 Å². The Bertz CT molecular complexity index is 1240. The third-order valence-electron chi connectivity index (χ3n) is 4.54. The van der Waals surface area contributed by atoms with Gasteiger partial charge in [-0.1, -0.05) is 29.3 Å². The standard InChI is InChI=1S/C20H14Cl2F2N2O5/c1-31-17(14-12(23)3-2-4-13(14)24)19(28)25-7-10-15(22)11(21)6-8-5-9(20(29)30)18(27)26-16(8)10/h2-6,17H,7H2,1H3,(H,25,28)(H,26,27)(H,29,30). The Kier molecular flexibility index (Phi) is 6.59. The minimum Gasteiger partial charge on any atom is -0.477 e. The first-order valence-electron chi connectivity index (χ1n) is 8.67. The van der Waals surface area contributed by atoms with Crippen LogP contribution < -0.4 is 10.9 Å². The third-order valence-corrected chi connectivity index (χ3v) is 5.36. The van der Waals surface area contributed by atoms with Gasteiger partial charge in [-0.2, -0.15) is 0 Å². The summed E-state index contributed by atoms with van der Waals surface area (Å²) in [6.07, 6.45) is -1.59. The number of fused-ring (bicyclic) bond motifs is 1. The van der Waals surface area contributed by atoms with E-state index in [-0.39, 0.29) is 33.1 Å². The van der Waals surface area contributed by atoms with E-state index in [4.69, 9.17) is 33.0 Å². The highest BCUT2D eigenvalue weighted by Crippen LogP contribution is 2.32. The van der Waals surface area contributed by atoms with Crippen LogP contribution in [0.3, 0.4) is 0 Å². The number of aromatic carboxylic acids is 1. The lowest BCUT2D eigenvalue weighted by Crippen LogP contribution is -2.31. The minimum atomic E-state index is -1.59. The molecule has 1 heterocycles. The number of H-pyrrole nitrogens is 1. The molecule has 1 amide bonds. The molecule has 7 nitrogen and oxygen atoms in total. The number of halogens is 4. The van der Waals surface area contributed by atoms with Gasteiger partial charge in [0.15, 0.2) is 6.10 Å². The predicted molar refractivity (Wildman–Crippen MR) is 110 cm³/mol. The van der Waals surface area contributed by atoms with Gasteiger partial charge in [-0.05, 0) is 24.3 Å². The van der Waals surface area contributed by atoms with E-state index in [0.29, 0.717) is 0 Å². The average molecular weight is 471 g/mol. The van der Waals surface area contributed by atoms with Crippen LogP contribution in [0, 0.1) is 11.6 Å². The van der Waals surface area contributed by atoms with E-state index in [1.54, 1.807) is 0 Å². The Morgan fingerprint density at radius 3 is 2.45 bits per heavy atom. The topological polar surface area (TPSA) is 108 Å². The van der Waals surface area contributed by atoms with Gasteiger partial charge in [0.1, 0.15) is 17.2 Å². The zero-order chi connectivity index (χ0) is 22.9. The van der Waals surface area contributed by atoms with Crippen LogP contribution in [0.15, 0.2) is 35.1 Å². The van der Waals surface area contributed by atoms with Crippen LogP contribution >= 0.6 is 23.2 Å². The molecule has 0 radical (unpaired) electrons. The maximum absolute atomic E-state index is 14.1. The average Bonchev–Trinajstić information content (AvgIpc) is 2.71. The number of ether oxygens (including phenoxy) is 1. The van der Waals surface area contributed by atoms with Gasteiger partial charge in [0, 0.05) is 24.6 Å². The molecular formula is C20H14Cl2F2N2O5. The largest absolute Gasteiger partial charge is 0.477 e. The van der Waals surface area contributed by atoms with Gasteiger partial charge >= 0.3 is 5.97 Å². The van der Waals surface area contributed by atoms with Crippen molar-refractivity contribution in [3.05, 3.63) is 79.1 Å². The van der Waals surface area contributed by atoms with Crippen LogP contribution in [0.5, 0.6) is 0 Å². The van der Waals surface area contributed by atoms with Gasteiger partial charge in [0.2, 0.25) is 0 Å². The van der Waals surface area contributed by atoms with Gasteiger partial charge in [-0.25, -0.2) is 13.6 Å². The second-order valence-electron chi connectivity index (χ2n) is 6.40.